The number of nitrogens with one attached hydrogen (secondary N) is 2. The minimum absolute atomic E-state index is 0.151. The Morgan fingerprint density at radius 2 is 1.95 bits per heavy atom. The maximum Gasteiger partial charge on any atom is 0.223 e. The van der Waals surface area contributed by atoms with Gasteiger partial charge in [0.05, 0.1) is 0 Å². The zero-order valence-corrected chi connectivity index (χ0v) is 11.7. The van der Waals surface area contributed by atoms with E-state index in [0.29, 0.717) is 12.5 Å². The predicted molar refractivity (Wildman–Crippen MR) is 81.7 cm³/mol. The number of amides is 1. The molecule has 2 unspecified atom stereocenters. The molecule has 0 bridgehead atoms. The van der Waals surface area contributed by atoms with Crippen LogP contribution >= 0.6 is 0 Å². The summed E-state index contributed by atoms with van der Waals surface area (Å²) in [7, 11) is 1.89. The molecule has 20 heavy (non-hydrogen) atoms. The minimum atomic E-state index is 0.151. The second-order valence-electron chi connectivity index (χ2n) is 5.41. The second kappa shape index (κ2) is 5.63. The largest absolute Gasteiger partial charge is 0.355 e. The molecule has 1 aliphatic rings. The number of benzene rings is 2. The lowest BCUT2D eigenvalue weighted by Crippen LogP contribution is -2.31. The molecule has 1 saturated carbocycles. The van der Waals surface area contributed by atoms with E-state index in [4.69, 9.17) is 0 Å². The molecular formula is C17H20N2O. The van der Waals surface area contributed by atoms with Gasteiger partial charge in [-0.2, -0.15) is 0 Å². The zero-order chi connectivity index (χ0) is 13.9. The van der Waals surface area contributed by atoms with Crippen molar-refractivity contribution in [1.29, 1.82) is 0 Å². The summed E-state index contributed by atoms with van der Waals surface area (Å²) in [6.07, 6.45) is 0.972. The van der Waals surface area contributed by atoms with Gasteiger partial charge in [-0.1, -0.05) is 42.5 Å². The first-order chi connectivity index (χ1) is 9.81. The quantitative estimate of drug-likeness (QED) is 0.817. The lowest BCUT2D eigenvalue weighted by atomic mass is 10.00. The van der Waals surface area contributed by atoms with E-state index in [-0.39, 0.29) is 11.8 Å². The van der Waals surface area contributed by atoms with Crippen LogP contribution in [0.15, 0.2) is 42.5 Å². The number of carbonyl (C=O) groups excluding carboxylic acids is 1. The standard InChI is InChI=1S/C17H20N2O/c1-18-9-10-19-17(20)16-11-15(16)14-8-4-6-12-5-2-3-7-13(12)14/h2-8,15-16,18H,9-11H2,1H3,(H,19,20). The van der Waals surface area contributed by atoms with Crippen LogP contribution in [0.25, 0.3) is 10.8 Å². The first-order valence-electron chi connectivity index (χ1n) is 7.21. The summed E-state index contributed by atoms with van der Waals surface area (Å²) >= 11 is 0. The van der Waals surface area contributed by atoms with Crippen LogP contribution in [-0.4, -0.2) is 26.0 Å². The summed E-state index contributed by atoms with van der Waals surface area (Å²) in [5, 5.41) is 8.57. The van der Waals surface area contributed by atoms with E-state index in [1.807, 2.05) is 7.05 Å². The van der Waals surface area contributed by atoms with E-state index in [9.17, 15) is 4.79 Å². The summed E-state index contributed by atoms with van der Waals surface area (Å²) < 4.78 is 0. The highest BCUT2D eigenvalue weighted by Crippen LogP contribution is 2.49. The van der Waals surface area contributed by atoms with Gasteiger partial charge in [-0.05, 0) is 35.7 Å². The van der Waals surface area contributed by atoms with Crippen LogP contribution in [0.4, 0.5) is 0 Å². The van der Waals surface area contributed by atoms with Gasteiger partial charge in [0.25, 0.3) is 0 Å². The van der Waals surface area contributed by atoms with Crippen LogP contribution < -0.4 is 10.6 Å². The fourth-order valence-corrected chi connectivity index (χ4v) is 2.84. The summed E-state index contributed by atoms with van der Waals surface area (Å²) in [6.45, 7) is 1.52. The average Bonchev–Trinajstić information content (AvgIpc) is 3.27. The first-order valence-corrected chi connectivity index (χ1v) is 7.21. The lowest BCUT2D eigenvalue weighted by Gasteiger charge is -2.07. The van der Waals surface area contributed by atoms with Gasteiger partial charge in [-0.15, -0.1) is 0 Å². The molecule has 0 aromatic heterocycles. The monoisotopic (exact) mass is 268 g/mol. The highest BCUT2D eigenvalue weighted by molar-refractivity contribution is 5.89. The van der Waals surface area contributed by atoms with E-state index in [1.165, 1.54) is 16.3 Å². The molecule has 1 fully saturated rings. The normalized spacial score (nSPS) is 20.9. The smallest absolute Gasteiger partial charge is 0.223 e. The topological polar surface area (TPSA) is 41.1 Å². The molecule has 2 atom stereocenters. The Balaban J connectivity index is 1.73. The van der Waals surface area contributed by atoms with Crippen molar-refractivity contribution in [3.05, 3.63) is 48.0 Å². The Bertz CT molecular complexity index is 618. The summed E-state index contributed by atoms with van der Waals surface area (Å²) in [5.41, 5.74) is 1.32. The molecule has 0 saturated heterocycles. The lowest BCUT2D eigenvalue weighted by molar-refractivity contribution is -0.122. The van der Waals surface area contributed by atoms with Gasteiger partial charge in [-0.25, -0.2) is 0 Å². The second-order valence-corrected chi connectivity index (χ2v) is 5.41. The van der Waals surface area contributed by atoms with Crippen molar-refractivity contribution in [3.8, 4) is 0 Å². The first kappa shape index (κ1) is 13.1. The van der Waals surface area contributed by atoms with E-state index in [1.54, 1.807) is 0 Å². The van der Waals surface area contributed by atoms with Crippen LogP contribution in [0, 0.1) is 5.92 Å². The molecule has 0 aliphatic heterocycles. The molecule has 1 aliphatic carbocycles. The third kappa shape index (κ3) is 2.54. The van der Waals surface area contributed by atoms with Gasteiger partial charge in [0, 0.05) is 19.0 Å². The van der Waals surface area contributed by atoms with Crippen molar-refractivity contribution in [3.63, 3.8) is 0 Å². The fourth-order valence-electron chi connectivity index (χ4n) is 2.84. The molecule has 0 heterocycles. The van der Waals surface area contributed by atoms with Crippen molar-refractivity contribution >= 4 is 16.7 Å². The molecule has 3 rings (SSSR count). The third-order valence-corrected chi connectivity index (χ3v) is 4.02. The van der Waals surface area contributed by atoms with Crippen molar-refractivity contribution in [1.82, 2.24) is 10.6 Å². The van der Waals surface area contributed by atoms with Crippen LogP contribution in [0.5, 0.6) is 0 Å². The van der Waals surface area contributed by atoms with Gasteiger partial charge in [0.1, 0.15) is 0 Å². The van der Waals surface area contributed by atoms with Crippen molar-refractivity contribution in [2.45, 2.75) is 12.3 Å². The number of fused-ring (bicyclic) bond motifs is 1. The van der Waals surface area contributed by atoms with E-state index >= 15 is 0 Å². The maximum atomic E-state index is 12.1. The van der Waals surface area contributed by atoms with E-state index < -0.39 is 0 Å². The SMILES string of the molecule is CNCCNC(=O)C1CC1c1cccc2ccccc12. The molecule has 2 aromatic rings. The maximum absolute atomic E-state index is 12.1. The average molecular weight is 268 g/mol. The molecule has 3 heteroatoms. The summed E-state index contributed by atoms with van der Waals surface area (Å²) in [6, 6.07) is 14.8. The summed E-state index contributed by atoms with van der Waals surface area (Å²) in [4.78, 5) is 12.1. The van der Waals surface area contributed by atoms with Crippen LogP contribution in [0.3, 0.4) is 0 Å². The number of hydrogen-bond donors (Lipinski definition) is 2. The fraction of sp³-hybridized carbons (Fsp3) is 0.353. The highest BCUT2D eigenvalue weighted by Gasteiger charge is 2.44. The minimum Gasteiger partial charge on any atom is -0.355 e. The van der Waals surface area contributed by atoms with E-state index in [2.05, 4.69) is 53.1 Å². The number of carbonyl (C=O) groups is 1. The van der Waals surface area contributed by atoms with Crippen molar-refractivity contribution < 1.29 is 4.79 Å². The van der Waals surface area contributed by atoms with Crippen molar-refractivity contribution in [2.24, 2.45) is 5.92 Å². The Morgan fingerprint density at radius 1 is 1.15 bits per heavy atom. The van der Waals surface area contributed by atoms with Gasteiger partial charge in [0.15, 0.2) is 0 Å². The molecule has 3 nitrogen and oxygen atoms in total. The van der Waals surface area contributed by atoms with Gasteiger partial charge in [-0.3, -0.25) is 4.79 Å². The predicted octanol–water partition coefficient (Wildman–Crippen LogP) is 2.28. The Hall–Kier alpha value is -1.87. The molecule has 0 spiro atoms. The van der Waals surface area contributed by atoms with Gasteiger partial charge >= 0.3 is 0 Å². The molecule has 0 radical (unpaired) electrons. The van der Waals surface area contributed by atoms with Crippen LogP contribution in [0.2, 0.25) is 0 Å². The Kier molecular flexibility index (Phi) is 3.70. The molecule has 2 aromatic carbocycles. The van der Waals surface area contributed by atoms with Crippen LogP contribution in [0.1, 0.15) is 17.9 Å². The molecular weight excluding hydrogens is 248 g/mol. The zero-order valence-electron chi connectivity index (χ0n) is 11.7. The molecule has 1 amide bonds. The van der Waals surface area contributed by atoms with Gasteiger partial charge < -0.3 is 10.6 Å². The third-order valence-electron chi connectivity index (χ3n) is 4.02. The Labute approximate surface area is 119 Å². The molecule has 2 N–H and O–H groups in total. The van der Waals surface area contributed by atoms with Gasteiger partial charge in [0.2, 0.25) is 5.91 Å². The Morgan fingerprint density at radius 3 is 2.80 bits per heavy atom. The number of rotatable bonds is 5. The van der Waals surface area contributed by atoms with Crippen LogP contribution in [-0.2, 0) is 4.79 Å². The number of hydrogen-bond acceptors (Lipinski definition) is 2. The van der Waals surface area contributed by atoms with E-state index in [0.717, 1.165) is 13.0 Å². The summed E-state index contributed by atoms with van der Waals surface area (Å²) in [5.74, 6) is 0.728. The number of likely N-dealkylation sites (N-methyl/N-ethyl adjacent to an activating group) is 1. The van der Waals surface area contributed by atoms with Crippen molar-refractivity contribution in [2.75, 3.05) is 20.1 Å². The highest BCUT2D eigenvalue weighted by atomic mass is 16.2. The molecule has 104 valence electrons.